The third-order valence-corrected chi connectivity index (χ3v) is 7.29. The van der Waals surface area contributed by atoms with Gasteiger partial charge in [0.05, 0.1) is 29.5 Å². The van der Waals surface area contributed by atoms with Crippen molar-refractivity contribution in [3.05, 3.63) is 87.2 Å². The van der Waals surface area contributed by atoms with Crippen molar-refractivity contribution in [3.63, 3.8) is 0 Å². The van der Waals surface area contributed by atoms with Crippen LogP contribution >= 0.6 is 23.4 Å². The molecule has 0 spiro atoms. The van der Waals surface area contributed by atoms with E-state index in [1.807, 2.05) is 43.3 Å². The summed E-state index contributed by atoms with van der Waals surface area (Å²) in [6.45, 7) is 2.52. The van der Waals surface area contributed by atoms with Crippen molar-refractivity contribution in [1.82, 2.24) is 9.55 Å². The number of hydrogen-bond acceptors (Lipinski definition) is 5. The second-order valence-electron chi connectivity index (χ2n) is 8.04. The summed E-state index contributed by atoms with van der Waals surface area (Å²) in [5.74, 6) is 0.577. The molecule has 34 heavy (non-hydrogen) atoms. The number of methoxy groups -OCH3 is 1. The fraction of sp³-hybridized carbons (Fsp3) is 0.192. The lowest BCUT2D eigenvalue weighted by molar-refractivity contribution is -0.116. The van der Waals surface area contributed by atoms with E-state index in [9.17, 15) is 9.59 Å². The number of hydrogen-bond donors (Lipinski definition) is 0. The molecule has 0 fully saturated rings. The second kappa shape index (κ2) is 9.16. The van der Waals surface area contributed by atoms with Gasteiger partial charge in [-0.05, 0) is 48.7 Å². The Balaban J connectivity index is 1.57. The van der Waals surface area contributed by atoms with Gasteiger partial charge in [-0.15, -0.1) is 0 Å². The summed E-state index contributed by atoms with van der Waals surface area (Å²) in [4.78, 5) is 33.3. The molecule has 0 aliphatic carbocycles. The number of ether oxygens (including phenoxy) is 1. The number of benzene rings is 3. The van der Waals surface area contributed by atoms with Gasteiger partial charge < -0.3 is 9.64 Å². The smallest absolute Gasteiger partial charge is 0.266 e. The molecule has 0 saturated heterocycles. The Kier molecular flexibility index (Phi) is 6.06. The highest BCUT2D eigenvalue weighted by molar-refractivity contribution is 7.99. The van der Waals surface area contributed by atoms with Gasteiger partial charge in [-0.3, -0.25) is 14.2 Å². The zero-order chi connectivity index (χ0) is 23.8. The van der Waals surface area contributed by atoms with Gasteiger partial charge in [-0.2, -0.15) is 0 Å². The van der Waals surface area contributed by atoms with Gasteiger partial charge in [0.2, 0.25) is 5.91 Å². The normalized spacial score (nSPS) is 12.7. The summed E-state index contributed by atoms with van der Waals surface area (Å²) in [7, 11) is 1.53. The molecule has 1 aliphatic heterocycles. The number of anilines is 1. The molecule has 0 bridgehead atoms. The van der Waals surface area contributed by atoms with E-state index in [0.717, 1.165) is 17.7 Å². The zero-order valence-electron chi connectivity index (χ0n) is 18.7. The number of halogens is 1. The first-order valence-corrected chi connectivity index (χ1v) is 12.2. The van der Waals surface area contributed by atoms with Crippen LogP contribution in [0.5, 0.6) is 5.75 Å². The van der Waals surface area contributed by atoms with Gasteiger partial charge in [0, 0.05) is 23.3 Å². The van der Waals surface area contributed by atoms with Crippen LogP contribution in [0.1, 0.15) is 11.1 Å². The predicted octanol–water partition coefficient (Wildman–Crippen LogP) is 5.04. The Morgan fingerprint density at radius 3 is 2.71 bits per heavy atom. The monoisotopic (exact) mass is 491 g/mol. The molecule has 0 saturated carbocycles. The van der Waals surface area contributed by atoms with Crippen molar-refractivity contribution >= 4 is 45.9 Å². The standard InChI is InChI=1S/C26H22ClN3O3S/c1-16-13-22(23(33-2)14-19(16)27)30-25(32)18-8-4-5-9-20(18)28-26(30)34-15-24(31)29-12-11-17-7-3-6-10-21(17)29/h3-10,13-14H,11-12,15H2,1-2H3. The molecular formula is C26H22ClN3O3S. The number of thioether (sulfide) groups is 1. The number of aryl methyl sites for hydroxylation is 1. The summed E-state index contributed by atoms with van der Waals surface area (Å²) in [6, 6.07) is 18.6. The van der Waals surface area contributed by atoms with Gasteiger partial charge in [0.15, 0.2) is 5.16 Å². The molecule has 1 aliphatic rings. The molecule has 1 amide bonds. The Morgan fingerprint density at radius 1 is 1.12 bits per heavy atom. The Labute approximate surface area is 206 Å². The van der Waals surface area contributed by atoms with Crippen LogP contribution in [0.3, 0.4) is 0 Å². The molecule has 2 heterocycles. The van der Waals surface area contributed by atoms with Gasteiger partial charge >= 0.3 is 0 Å². The van der Waals surface area contributed by atoms with Gasteiger partial charge in [0.25, 0.3) is 5.56 Å². The van der Waals surface area contributed by atoms with Crippen LogP contribution in [0.2, 0.25) is 5.02 Å². The highest BCUT2D eigenvalue weighted by atomic mass is 35.5. The number of carbonyl (C=O) groups excluding carboxylic acids is 1. The van der Waals surface area contributed by atoms with Gasteiger partial charge in [-0.25, -0.2) is 4.98 Å². The van der Waals surface area contributed by atoms with Crippen LogP contribution in [-0.2, 0) is 11.2 Å². The number of fused-ring (bicyclic) bond motifs is 2. The van der Waals surface area contributed by atoms with Crippen LogP contribution < -0.4 is 15.2 Å². The first-order chi connectivity index (χ1) is 16.5. The minimum atomic E-state index is -0.230. The van der Waals surface area contributed by atoms with E-state index in [0.29, 0.717) is 39.1 Å². The van der Waals surface area contributed by atoms with E-state index in [2.05, 4.69) is 0 Å². The van der Waals surface area contributed by atoms with Crippen molar-refractivity contribution in [2.75, 3.05) is 24.3 Å². The van der Waals surface area contributed by atoms with Gasteiger partial charge in [-0.1, -0.05) is 53.7 Å². The number of para-hydroxylation sites is 2. The minimum absolute atomic E-state index is 0.0249. The number of carbonyl (C=O) groups is 1. The molecule has 0 atom stereocenters. The highest BCUT2D eigenvalue weighted by Crippen LogP contribution is 2.33. The van der Waals surface area contributed by atoms with Crippen LogP contribution in [0.25, 0.3) is 16.6 Å². The topological polar surface area (TPSA) is 64.4 Å². The third kappa shape index (κ3) is 3.95. The largest absolute Gasteiger partial charge is 0.495 e. The van der Waals surface area contributed by atoms with Crippen LogP contribution in [0.4, 0.5) is 5.69 Å². The lowest BCUT2D eigenvalue weighted by Crippen LogP contribution is -2.31. The molecule has 4 aromatic rings. The molecule has 0 unspecified atom stereocenters. The molecule has 172 valence electrons. The minimum Gasteiger partial charge on any atom is -0.495 e. The van der Waals surface area contributed by atoms with Crippen LogP contribution in [0, 0.1) is 6.92 Å². The maximum absolute atomic E-state index is 13.6. The Morgan fingerprint density at radius 2 is 1.88 bits per heavy atom. The lowest BCUT2D eigenvalue weighted by Gasteiger charge is -2.19. The zero-order valence-corrected chi connectivity index (χ0v) is 20.3. The van der Waals surface area contributed by atoms with Crippen LogP contribution in [-0.4, -0.2) is 34.9 Å². The van der Waals surface area contributed by atoms with Crippen molar-refractivity contribution in [1.29, 1.82) is 0 Å². The summed E-state index contributed by atoms with van der Waals surface area (Å²) in [5, 5.41) is 1.45. The molecule has 3 aromatic carbocycles. The average molecular weight is 492 g/mol. The van der Waals surface area contributed by atoms with E-state index in [1.54, 1.807) is 29.2 Å². The van der Waals surface area contributed by atoms with E-state index in [1.165, 1.54) is 29.0 Å². The van der Waals surface area contributed by atoms with E-state index in [4.69, 9.17) is 21.3 Å². The van der Waals surface area contributed by atoms with E-state index < -0.39 is 0 Å². The van der Waals surface area contributed by atoms with Gasteiger partial charge in [0.1, 0.15) is 5.75 Å². The molecule has 5 rings (SSSR count). The van der Waals surface area contributed by atoms with E-state index >= 15 is 0 Å². The lowest BCUT2D eigenvalue weighted by atomic mass is 10.2. The summed E-state index contributed by atoms with van der Waals surface area (Å²) in [6.07, 6.45) is 0.840. The second-order valence-corrected chi connectivity index (χ2v) is 9.39. The Hall–Kier alpha value is -3.29. The SMILES string of the molecule is COc1cc(Cl)c(C)cc1-n1c(SCC(=O)N2CCc3ccccc32)nc2ccccc2c1=O. The van der Waals surface area contributed by atoms with E-state index in [-0.39, 0.29) is 17.2 Å². The fourth-order valence-electron chi connectivity index (χ4n) is 4.21. The number of rotatable bonds is 5. The number of nitrogens with zero attached hydrogens (tertiary/aromatic N) is 3. The molecular weight excluding hydrogens is 470 g/mol. The maximum Gasteiger partial charge on any atom is 0.266 e. The third-order valence-electron chi connectivity index (χ3n) is 5.96. The quantitative estimate of drug-likeness (QED) is 0.289. The first kappa shape index (κ1) is 22.5. The number of aromatic nitrogens is 2. The summed E-state index contributed by atoms with van der Waals surface area (Å²) < 4.78 is 7.06. The van der Waals surface area contributed by atoms with Crippen molar-refractivity contribution in [2.24, 2.45) is 0 Å². The molecule has 1 aromatic heterocycles. The highest BCUT2D eigenvalue weighted by Gasteiger charge is 2.25. The maximum atomic E-state index is 13.6. The molecule has 6 nitrogen and oxygen atoms in total. The average Bonchev–Trinajstić information content (AvgIpc) is 3.28. The van der Waals surface area contributed by atoms with Crippen molar-refractivity contribution in [2.45, 2.75) is 18.5 Å². The molecule has 0 N–H and O–H groups in total. The molecule has 0 radical (unpaired) electrons. The molecule has 8 heteroatoms. The van der Waals surface area contributed by atoms with Crippen molar-refractivity contribution in [3.8, 4) is 11.4 Å². The van der Waals surface area contributed by atoms with Crippen LogP contribution in [0.15, 0.2) is 70.6 Å². The summed E-state index contributed by atoms with van der Waals surface area (Å²) >= 11 is 7.55. The Bertz CT molecular complexity index is 1480. The first-order valence-electron chi connectivity index (χ1n) is 10.9. The predicted molar refractivity (Wildman–Crippen MR) is 137 cm³/mol. The summed E-state index contributed by atoms with van der Waals surface area (Å²) in [5.41, 5.74) is 3.81. The van der Waals surface area contributed by atoms with Crippen molar-refractivity contribution < 1.29 is 9.53 Å². The fourth-order valence-corrected chi connectivity index (χ4v) is 5.24. The number of amides is 1.